The molecule has 1 aromatic heterocycles. The Hall–Kier alpha value is -2.54. The van der Waals surface area contributed by atoms with Crippen LogP contribution in [-0.4, -0.2) is 55.5 Å². The molecular formula is C21H26N2O5. The van der Waals surface area contributed by atoms with E-state index in [-0.39, 0.29) is 18.1 Å². The van der Waals surface area contributed by atoms with Crippen molar-refractivity contribution in [2.24, 2.45) is 0 Å². The lowest BCUT2D eigenvalue weighted by atomic mass is 9.98. The maximum atomic E-state index is 13.3. The van der Waals surface area contributed by atoms with Gasteiger partial charge in [0.2, 0.25) is 5.91 Å². The number of nitrogens with zero attached hydrogens (tertiary/aromatic N) is 2. The highest BCUT2D eigenvalue weighted by atomic mass is 16.5. The summed E-state index contributed by atoms with van der Waals surface area (Å²) in [4.78, 5) is 15.2. The van der Waals surface area contributed by atoms with Crippen molar-refractivity contribution in [1.29, 1.82) is 0 Å². The Morgan fingerprint density at radius 3 is 2.39 bits per heavy atom. The molecule has 0 spiro atoms. The highest BCUT2D eigenvalue weighted by Gasteiger charge is 2.56. The molecule has 2 heterocycles. The van der Waals surface area contributed by atoms with Gasteiger partial charge in [0, 0.05) is 24.7 Å². The number of benzene rings is 1. The molecule has 1 aromatic carbocycles. The van der Waals surface area contributed by atoms with Crippen LogP contribution in [0.3, 0.4) is 0 Å². The molecule has 7 nitrogen and oxygen atoms in total. The fourth-order valence-electron chi connectivity index (χ4n) is 3.98. The highest BCUT2D eigenvalue weighted by molar-refractivity contribution is 5.91. The molecule has 4 rings (SSSR count). The third-order valence-electron chi connectivity index (χ3n) is 5.53. The van der Waals surface area contributed by atoms with Gasteiger partial charge in [-0.15, -0.1) is 0 Å². The van der Waals surface area contributed by atoms with E-state index < -0.39 is 5.41 Å². The molecule has 1 saturated carbocycles. The molecule has 1 amide bonds. The van der Waals surface area contributed by atoms with Crippen molar-refractivity contribution in [2.45, 2.75) is 44.3 Å². The molecule has 0 N–H and O–H groups in total. The van der Waals surface area contributed by atoms with E-state index in [0.717, 1.165) is 18.4 Å². The van der Waals surface area contributed by atoms with E-state index in [2.05, 4.69) is 5.16 Å². The molecule has 2 unspecified atom stereocenters. The minimum absolute atomic E-state index is 0.0446. The third-order valence-corrected chi connectivity index (χ3v) is 5.53. The number of aromatic nitrogens is 1. The number of methoxy groups -OCH3 is 2. The summed E-state index contributed by atoms with van der Waals surface area (Å²) >= 11 is 0. The van der Waals surface area contributed by atoms with Crippen molar-refractivity contribution >= 4 is 5.91 Å². The second-order valence-electron chi connectivity index (χ2n) is 7.70. The lowest BCUT2D eigenvalue weighted by Gasteiger charge is -2.37. The van der Waals surface area contributed by atoms with E-state index in [4.69, 9.17) is 18.7 Å². The molecule has 1 saturated heterocycles. The molecule has 28 heavy (non-hydrogen) atoms. The fraction of sp³-hybridized carbons (Fsp3) is 0.524. The number of hydrogen-bond donors (Lipinski definition) is 0. The number of ether oxygens (including phenoxy) is 3. The average molecular weight is 386 g/mol. The smallest absolute Gasteiger partial charge is 0.235 e. The molecule has 0 radical (unpaired) electrons. The zero-order chi connectivity index (χ0) is 19.9. The van der Waals surface area contributed by atoms with Gasteiger partial charge in [-0.2, -0.15) is 0 Å². The van der Waals surface area contributed by atoms with E-state index in [1.165, 1.54) is 0 Å². The fourth-order valence-corrected chi connectivity index (χ4v) is 3.98. The van der Waals surface area contributed by atoms with Crippen LogP contribution in [-0.2, 0) is 14.9 Å². The van der Waals surface area contributed by atoms with Crippen molar-refractivity contribution in [3.8, 4) is 22.8 Å². The monoisotopic (exact) mass is 386 g/mol. The first kappa shape index (κ1) is 18.8. The summed E-state index contributed by atoms with van der Waals surface area (Å²) in [6.45, 7) is 5.23. The summed E-state index contributed by atoms with van der Waals surface area (Å²) in [6, 6.07) is 7.43. The quantitative estimate of drug-likeness (QED) is 0.786. The molecule has 2 atom stereocenters. The van der Waals surface area contributed by atoms with Crippen LogP contribution in [0.25, 0.3) is 11.3 Å². The van der Waals surface area contributed by atoms with Crippen LogP contribution >= 0.6 is 0 Å². The molecular weight excluding hydrogens is 360 g/mol. The van der Waals surface area contributed by atoms with E-state index in [0.29, 0.717) is 36.0 Å². The minimum atomic E-state index is -0.560. The van der Waals surface area contributed by atoms with E-state index in [1.807, 2.05) is 43.0 Å². The Morgan fingerprint density at radius 2 is 1.79 bits per heavy atom. The van der Waals surface area contributed by atoms with Crippen LogP contribution in [0.4, 0.5) is 0 Å². The van der Waals surface area contributed by atoms with Gasteiger partial charge in [-0.25, -0.2) is 0 Å². The molecule has 1 aliphatic carbocycles. The molecule has 2 aliphatic rings. The number of hydrogen-bond acceptors (Lipinski definition) is 6. The largest absolute Gasteiger partial charge is 0.493 e. The Morgan fingerprint density at radius 1 is 1.11 bits per heavy atom. The SMILES string of the molecule is COc1ccc(-c2cc(C3(C(=O)N4CC(C)OC(C)C4)CC3)no2)cc1OC. The van der Waals surface area contributed by atoms with Crippen LogP contribution in [0.15, 0.2) is 28.8 Å². The van der Waals surface area contributed by atoms with Crippen LogP contribution in [0.5, 0.6) is 11.5 Å². The van der Waals surface area contributed by atoms with E-state index >= 15 is 0 Å². The number of carbonyl (C=O) groups excluding carboxylic acids is 1. The molecule has 150 valence electrons. The van der Waals surface area contributed by atoms with Crippen LogP contribution < -0.4 is 9.47 Å². The number of rotatable bonds is 5. The second kappa shape index (κ2) is 7.13. The second-order valence-corrected chi connectivity index (χ2v) is 7.70. The van der Waals surface area contributed by atoms with Crippen LogP contribution in [0, 0.1) is 0 Å². The first-order valence-corrected chi connectivity index (χ1v) is 9.61. The zero-order valence-electron chi connectivity index (χ0n) is 16.7. The topological polar surface area (TPSA) is 74.0 Å². The lowest BCUT2D eigenvalue weighted by molar-refractivity contribution is -0.146. The average Bonchev–Trinajstić information content (AvgIpc) is 3.35. The van der Waals surface area contributed by atoms with Crippen molar-refractivity contribution in [3.05, 3.63) is 30.0 Å². The summed E-state index contributed by atoms with van der Waals surface area (Å²) in [6.07, 6.45) is 1.68. The Kier molecular flexibility index (Phi) is 4.79. The molecule has 2 aromatic rings. The molecule has 0 bridgehead atoms. The zero-order valence-corrected chi connectivity index (χ0v) is 16.7. The number of carbonyl (C=O) groups is 1. The van der Waals surface area contributed by atoms with Crippen LogP contribution in [0.2, 0.25) is 0 Å². The maximum Gasteiger partial charge on any atom is 0.235 e. The Labute approximate surface area is 164 Å². The normalized spacial score (nSPS) is 23.4. The predicted octanol–water partition coefficient (Wildman–Crippen LogP) is 3.03. The van der Waals surface area contributed by atoms with Gasteiger partial charge in [0.1, 0.15) is 0 Å². The van der Waals surface area contributed by atoms with Gasteiger partial charge < -0.3 is 23.6 Å². The summed E-state index contributed by atoms with van der Waals surface area (Å²) in [5, 5.41) is 4.25. The summed E-state index contributed by atoms with van der Waals surface area (Å²) in [5.41, 5.74) is 0.970. The predicted molar refractivity (Wildman–Crippen MR) is 103 cm³/mol. The van der Waals surface area contributed by atoms with Crippen molar-refractivity contribution in [2.75, 3.05) is 27.3 Å². The van der Waals surface area contributed by atoms with Crippen molar-refractivity contribution in [3.63, 3.8) is 0 Å². The molecule has 7 heteroatoms. The van der Waals surface area contributed by atoms with Gasteiger partial charge >= 0.3 is 0 Å². The van der Waals surface area contributed by atoms with Gasteiger partial charge in [-0.3, -0.25) is 4.79 Å². The maximum absolute atomic E-state index is 13.3. The first-order valence-electron chi connectivity index (χ1n) is 9.61. The van der Waals surface area contributed by atoms with Gasteiger partial charge in [-0.05, 0) is 44.9 Å². The summed E-state index contributed by atoms with van der Waals surface area (Å²) in [7, 11) is 3.19. The Bertz CT molecular complexity index is 863. The van der Waals surface area contributed by atoms with E-state index in [1.54, 1.807) is 14.2 Å². The van der Waals surface area contributed by atoms with Crippen molar-refractivity contribution < 1.29 is 23.5 Å². The number of morpholine rings is 1. The van der Waals surface area contributed by atoms with Crippen LogP contribution in [0.1, 0.15) is 32.4 Å². The number of amides is 1. The van der Waals surface area contributed by atoms with Gasteiger partial charge in [0.25, 0.3) is 0 Å². The first-order chi connectivity index (χ1) is 13.5. The van der Waals surface area contributed by atoms with E-state index in [9.17, 15) is 4.79 Å². The third kappa shape index (κ3) is 3.24. The van der Waals surface area contributed by atoms with Gasteiger partial charge in [0.15, 0.2) is 17.3 Å². The van der Waals surface area contributed by atoms with Gasteiger partial charge in [-0.1, -0.05) is 5.16 Å². The Balaban J connectivity index is 1.58. The molecule has 1 aliphatic heterocycles. The summed E-state index contributed by atoms with van der Waals surface area (Å²) < 4.78 is 22.0. The van der Waals surface area contributed by atoms with Gasteiger partial charge in [0.05, 0.1) is 37.5 Å². The highest BCUT2D eigenvalue weighted by Crippen LogP contribution is 2.50. The molecule has 2 fully saturated rings. The van der Waals surface area contributed by atoms with Crippen molar-refractivity contribution in [1.82, 2.24) is 10.1 Å². The lowest BCUT2D eigenvalue weighted by Crippen LogP contribution is -2.51. The standard InChI is InChI=1S/C21H26N2O5/c1-13-11-23(12-14(2)27-13)20(24)21(7-8-21)19-10-17(28-22-19)15-5-6-16(25-3)18(9-15)26-4/h5-6,9-10,13-14H,7-8,11-12H2,1-4H3. The summed E-state index contributed by atoms with van der Waals surface area (Å²) in [5.74, 6) is 2.00. The minimum Gasteiger partial charge on any atom is -0.493 e.